The first kappa shape index (κ1) is 14.4. The summed E-state index contributed by atoms with van der Waals surface area (Å²) in [4.78, 5) is 0. The van der Waals surface area contributed by atoms with Gasteiger partial charge in [-0.15, -0.1) is 0 Å². The predicted molar refractivity (Wildman–Crippen MR) is 37.9 cm³/mol. The van der Waals surface area contributed by atoms with E-state index in [1.54, 1.807) is 0 Å². The second-order valence-electron chi connectivity index (χ2n) is 3.95. The molecule has 102 valence electrons. The average molecular weight is 274 g/mol. The summed E-state index contributed by atoms with van der Waals surface area (Å²) < 4.78 is 112. The van der Waals surface area contributed by atoms with Crippen LogP contribution in [0, 0.1) is 11.3 Å². The highest BCUT2D eigenvalue weighted by molar-refractivity contribution is 5.04. The normalized spacial score (nSPS) is 26.3. The van der Waals surface area contributed by atoms with Crippen molar-refractivity contribution in [2.45, 2.75) is 37.8 Å². The van der Waals surface area contributed by atoms with Gasteiger partial charge in [-0.05, 0) is 12.8 Å². The van der Waals surface area contributed by atoms with E-state index in [0.29, 0.717) is 0 Å². The van der Waals surface area contributed by atoms with E-state index in [4.69, 9.17) is 0 Å². The van der Waals surface area contributed by atoms with Gasteiger partial charge in [0.2, 0.25) is 0 Å². The van der Waals surface area contributed by atoms with E-state index in [1.807, 2.05) is 0 Å². The summed E-state index contributed by atoms with van der Waals surface area (Å²) in [5.74, 6) is -3.41. The molecule has 0 aliphatic heterocycles. The Hall–Kier alpha value is -0.630. The fourth-order valence-electron chi connectivity index (χ4n) is 2.29. The van der Waals surface area contributed by atoms with Gasteiger partial charge >= 0.3 is 18.5 Å². The molecule has 17 heavy (non-hydrogen) atoms. The molecule has 0 aromatic heterocycles. The first-order valence-electron chi connectivity index (χ1n) is 4.54. The van der Waals surface area contributed by atoms with Crippen molar-refractivity contribution >= 4 is 0 Å². The molecule has 1 unspecified atom stereocenters. The summed E-state index contributed by atoms with van der Waals surface area (Å²) in [7, 11) is 0. The van der Waals surface area contributed by atoms with E-state index in [1.165, 1.54) is 0 Å². The van der Waals surface area contributed by atoms with Gasteiger partial charge in [-0.2, -0.15) is 39.5 Å². The minimum atomic E-state index is -5.96. The van der Waals surface area contributed by atoms with Crippen LogP contribution < -0.4 is 0 Å². The molecule has 0 amide bonds. The fraction of sp³-hybridized carbons (Fsp3) is 1.00. The van der Waals surface area contributed by atoms with Crippen LogP contribution in [0.2, 0.25) is 0 Å². The van der Waals surface area contributed by atoms with Gasteiger partial charge in [0, 0.05) is 0 Å². The van der Waals surface area contributed by atoms with Crippen LogP contribution in [0.4, 0.5) is 39.5 Å². The van der Waals surface area contributed by atoms with E-state index in [-0.39, 0.29) is 0 Å². The van der Waals surface area contributed by atoms with Gasteiger partial charge in [0.15, 0.2) is 5.41 Å². The van der Waals surface area contributed by atoms with Crippen LogP contribution in [-0.2, 0) is 0 Å². The molecule has 0 bridgehead atoms. The number of hydrogen-bond acceptors (Lipinski definition) is 0. The molecule has 1 fully saturated rings. The van der Waals surface area contributed by atoms with Crippen molar-refractivity contribution < 1.29 is 39.5 Å². The van der Waals surface area contributed by atoms with E-state index in [0.717, 1.165) is 0 Å². The summed E-state index contributed by atoms with van der Waals surface area (Å²) in [6.07, 6.45) is -20.9. The maximum atomic E-state index is 12.5. The standard InChI is InChI=1S/C8H7F9/c9-6(10,11)4-2-1-3-5(4,7(12,13)14)8(15,16)17/h4H,1-3H2. The Morgan fingerprint density at radius 3 is 1.41 bits per heavy atom. The zero-order chi connectivity index (χ0) is 13.7. The van der Waals surface area contributed by atoms with Crippen LogP contribution in [0.15, 0.2) is 0 Å². The molecule has 0 radical (unpaired) electrons. The molecule has 0 nitrogen and oxygen atoms in total. The van der Waals surface area contributed by atoms with Crippen molar-refractivity contribution in [2.75, 3.05) is 0 Å². The molecule has 1 aliphatic rings. The first-order chi connectivity index (χ1) is 7.34. The van der Waals surface area contributed by atoms with Gasteiger partial charge in [0.05, 0.1) is 5.92 Å². The van der Waals surface area contributed by atoms with E-state index in [2.05, 4.69) is 0 Å². The van der Waals surface area contributed by atoms with Gasteiger partial charge in [-0.25, -0.2) is 0 Å². The van der Waals surface area contributed by atoms with Gasteiger partial charge in [0.1, 0.15) is 0 Å². The fourth-order valence-corrected chi connectivity index (χ4v) is 2.29. The van der Waals surface area contributed by atoms with Crippen molar-refractivity contribution in [1.29, 1.82) is 0 Å². The molecule has 0 heterocycles. The van der Waals surface area contributed by atoms with Crippen LogP contribution in [0.25, 0.3) is 0 Å². The maximum absolute atomic E-state index is 12.5. The third kappa shape index (κ3) is 2.08. The molecule has 0 saturated heterocycles. The number of halogens is 9. The van der Waals surface area contributed by atoms with Crippen LogP contribution in [0.5, 0.6) is 0 Å². The highest BCUT2D eigenvalue weighted by Gasteiger charge is 2.79. The van der Waals surface area contributed by atoms with Gasteiger partial charge in [-0.3, -0.25) is 0 Å². The summed E-state index contributed by atoms with van der Waals surface area (Å²) in [5.41, 5.74) is -4.65. The molecular weight excluding hydrogens is 267 g/mol. The zero-order valence-corrected chi connectivity index (χ0v) is 8.10. The number of alkyl halides is 9. The molecule has 1 rings (SSSR count). The Balaban J connectivity index is 3.34. The highest BCUT2D eigenvalue weighted by atomic mass is 19.4. The molecule has 0 aromatic rings. The molecule has 1 saturated carbocycles. The van der Waals surface area contributed by atoms with Crippen molar-refractivity contribution in [1.82, 2.24) is 0 Å². The first-order valence-corrected chi connectivity index (χ1v) is 4.54. The highest BCUT2D eigenvalue weighted by Crippen LogP contribution is 2.65. The Bertz CT molecular complexity index is 267. The zero-order valence-electron chi connectivity index (χ0n) is 8.10. The second kappa shape index (κ2) is 3.68. The van der Waals surface area contributed by atoms with Gasteiger partial charge in [0.25, 0.3) is 0 Å². The van der Waals surface area contributed by atoms with Crippen LogP contribution in [-0.4, -0.2) is 18.5 Å². The quantitative estimate of drug-likeness (QED) is 0.572. The van der Waals surface area contributed by atoms with Crippen molar-refractivity contribution in [3.05, 3.63) is 0 Å². The van der Waals surface area contributed by atoms with E-state index >= 15 is 0 Å². The van der Waals surface area contributed by atoms with Crippen LogP contribution >= 0.6 is 0 Å². The van der Waals surface area contributed by atoms with E-state index in [9.17, 15) is 39.5 Å². The molecule has 1 aliphatic carbocycles. The SMILES string of the molecule is FC(F)(F)C1CCCC1(C(F)(F)F)C(F)(F)F. The third-order valence-corrected chi connectivity index (χ3v) is 3.07. The Kier molecular flexibility index (Phi) is 3.12. The lowest BCUT2D eigenvalue weighted by molar-refractivity contribution is -0.380. The van der Waals surface area contributed by atoms with Crippen molar-refractivity contribution in [3.63, 3.8) is 0 Å². The van der Waals surface area contributed by atoms with Gasteiger partial charge in [-0.1, -0.05) is 6.42 Å². The summed E-state index contributed by atoms with van der Waals surface area (Å²) >= 11 is 0. The molecule has 0 spiro atoms. The smallest absolute Gasteiger partial charge is 0.171 e. The topological polar surface area (TPSA) is 0 Å². The molecule has 9 heteroatoms. The molecule has 0 N–H and O–H groups in total. The predicted octanol–water partition coefficient (Wildman–Crippen LogP) is 4.46. The van der Waals surface area contributed by atoms with Crippen LogP contribution in [0.1, 0.15) is 19.3 Å². The lowest BCUT2D eigenvalue weighted by Gasteiger charge is -2.39. The Morgan fingerprint density at radius 1 is 0.765 bits per heavy atom. The molecule has 1 atom stereocenters. The second-order valence-corrected chi connectivity index (χ2v) is 3.95. The van der Waals surface area contributed by atoms with Gasteiger partial charge < -0.3 is 0 Å². The minimum Gasteiger partial charge on any atom is -0.171 e. The average Bonchev–Trinajstić information content (AvgIpc) is 2.42. The monoisotopic (exact) mass is 274 g/mol. The van der Waals surface area contributed by atoms with Crippen molar-refractivity contribution in [3.8, 4) is 0 Å². The Labute approximate surface area is 89.8 Å². The summed E-state index contributed by atoms with van der Waals surface area (Å²) in [6, 6.07) is 0. The lowest BCUT2D eigenvalue weighted by Crippen LogP contribution is -2.56. The summed E-state index contributed by atoms with van der Waals surface area (Å²) in [5, 5.41) is 0. The van der Waals surface area contributed by atoms with Crippen LogP contribution in [0.3, 0.4) is 0 Å². The third-order valence-electron chi connectivity index (χ3n) is 3.07. The maximum Gasteiger partial charge on any atom is 0.403 e. The molecule has 0 aromatic carbocycles. The number of rotatable bonds is 0. The Morgan fingerprint density at radius 2 is 1.18 bits per heavy atom. The van der Waals surface area contributed by atoms with E-state index < -0.39 is 49.1 Å². The minimum absolute atomic E-state index is 0.747. The molecular formula is C8H7F9. The van der Waals surface area contributed by atoms with Crippen molar-refractivity contribution in [2.24, 2.45) is 11.3 Å². The summed E-state index contributed by atoms with van der Waals surface area (Å²) in [6.45, 7) is 0. The lowest BCUT2D eigenvalue weighted by atomic mass is 9.76. The largest absolute Gasteiger partial charge is 0.403 e. The number of hydrogen-bond donors (Lipinski definition) is 0.